The first-order valence-corrected chi connectivity index (χ1v) is 12.2. The average Bonchev–Trinajstić information content (AvgIpc) is 3.37. The van der Waals surface area contributed by atoms with Crippen LogP contribution in [-0.4, -0.2) is 36.4 Å². The van der Waals surface area contributed by atoms with E-state index in [1.807, 2.05) is 60.7 Å². The predicted octanol–water partition coefficient (Wildman–Crippen LogP) is 5.14. The minimum Gasteiger partial charge on any atom is -0.493 e. The van der Waals surface area contributed by atoms with Gasteiger partial charge in [0, 0.05) is 6.42 Å². The lowest BCUT2D eigenvalue weighted by Gasteiger charge is -2.11. The summed E-state index contributed by atoms with van der Waals surface area (Å²) in [5.74, 6) is 1.41. The van der Waals surface area contributed by atoms with E-state index in [9.17, 15) is 10.1 Å². The van der Waals surface area contributed by atoms with Gasteiger partial charge in [-0.3, -0.25) is 10.1 Å². The van der Waals surface area contributed by atoms with Gasteiger partial charge in [0.05, 0.1) is 7.11 Å². The summed E-state index contributed by atoms with van der Waals surface area (Å²) in [6.07, 6.45) is 2.13. The van der Waals surface area contributed by atoms with Gasteiger partial charge in [0.15, 0.2) is 11.5 Å². The lowest BCUT2D eigenvalue weighted by Crippen LogP contribution is -2.13. The molecule has 4 aromatic rings. The van der Waals surface area contributed by atoms with Crippen LogP contribution in [0.2, 0.25) is 0 Å². The third-order valence-corrected chi connectivity index (χ3v) is 5.96. The van der Waals surface area contributed by atoms with Crippen LogP contribution in [0, 0.1) is 11.3 Å². The number of rotatable bonds is 11. The Morgan fingerprint density at radius 3 is 2.38 bits per heavy atom. The van der Waals surface area contributed by atoms with E-state index in [-0.39, 0.29) is 5.57 Å². The number of methoxy groups -OCH3 is 1. The van der Waals surface area contributed by atoms with Crippen molar-refractivity contribution in [1.82, 2.24) is 10.2 Å². The fraction of sp³-hybridized carbons (Fsp3) is 0.143. The van der Waals surface area contributed by atoms with E-state index in [0.717, 1.165) is 10.6 Å². The molecule has 37 heavy (non-hydrogen) atoms. The van der Waals surface area contributed by atoms with Crippen molar-refractivity contribution in [2.75, 3.05) is 25.6 Å². The highest BCUT2D eigenvalue weighted by Gasteiger charge is 2.13. The Balaban J connectivity index is 1.28. The number of nitrogens with zero attached hydrogens (tertiary/aromatic N) is 3. The second kappa shape index (κ2) is 12.9. The Kier molecular flexibility index (Phi) is 8.83. The van der Waals surface area contributed by atoms with Crippen LogP contribution >= 0.6 is 11.3 Å². The van der Waals surface area contributed by atoms with E-state index in [2.05, 4.69) is 15.5 Å². The van der Waals surface area contributed by atoms with E-state index in [1.165, 1.54) is 17.4 Å². The number of anilines is 1. The molecule has 186 valence electrons. The lowest BCUT2D eigenvalue weighted by atomic mass is 10.1. The number of benzene rings is 3. The highest BCUT2D eigenvalue weighted by atomic mass is 32.1. The molecule has 0 fully saturated rings. The monoisotopic (exact) mass is 512 g/mol. The van der Waals surface area contributed by atoms with Gasteiger partial charge in [-0.25, -0.2) is 0 Å². The molecular formula is C28H24N4O4S. The number of aromatic nitrogens is 2. The molecule has 1 amide bonds. The molecule has 0 saturated carbocycles. The normalized spacial score (nSPS) is 10.9. The van der Waals surface area contributed by atoms with Crippen molar-refractivity contribution in [3.05, 3.63) is 101 Å². The molecule has 0 aliphatic heterocycles. The van der Waals surface area contributed by atoms with Gasteiger partial charge in [-0.2, -0.15) is 5.26 Å². The molecular weight excluding hydrogens is 488 g/mol. The molecule has 1 N–H and O–H groups in total. The molecule has 0 atom stereocenters. The summed E-state index contributed by atoms with van der Waals surface area (Å²) in [6.45, 7) is 0.687. The number of nitrogens with one attached hydrogen (secondary N) is 1. The van der Waals surface area contributed by atoms with Gasteiger partial charge in [0.25, 0.3) is 5.91 Å². The Hall–Kier alpha value is -4.68. The highest BCUT2D eigenvalue weighted by molar-refractivity contribution is 7.15. The molecule has 8 nitrogen and oxygen atoms in total. The molecule has 0 aliphatic rings. The van der Waals surface area contributed by atoms with Crippen molar-refractivity contribution in [2.24, 2.45) is 0 Å². The summed E-state index contributed by atoms with van der Waals surface area (Å²) < 4.78 is 16.7. The zero-order valence-electron chi connectivity index (χ0n) is 20.1. The topological polar surface area (TPSA) is 106 Å². The molecule has 0 saturated heterocycles. The van der Waals surface area contributed by atoms with E-state index >= 15 is 0 Å². The second-order valence-electron chi connectivity index (χ2n) is 7.70. The maximum Gasteiger partial charge on any atom is 0.268 e. The van der Waals surface area contributed by atoms with Crippen molar-refractivity contribution in [1.29, 1.82) is 5.26 Å². The number of hydrogen-bond acceptors (Lipinski definition) is 8. The number of amides is 1. The first kappa shape index (κ1) is 25.4. The van der Waals surface area contributed by atoms with E-state index in [0.29, 0.717) is 47.6 Å². The molecule has 4 rings (SSSR count). The Morgan fingerprint density at radius 1 is 0.946 bits per heavy atom. The van der Waals surface area contributed by atoms with Crippen LogP contribution in [0.5, 0.6) is 17.2 Å². The number of carbonyl (C=O) groups excluding carboxylic acids is 1. The third kappa shape index (κ3) is 7.40. The van der Waals surface area contributed by atoms with Crippen LogP contribution in [0.25, 0.3) is 6.08 Å². The van der Waals surface area contributed by atoms with Crippen LogP contribution in [0.4, 0.5) is 5.13 Å². The minimum atomic E-state index is -0.543. The number of para-hydroxylation sites is 2. The molecule has 0 radical (unpaired) electrons. The van der Waals surface area contributed by atoms with Crippen molar-refractivity contribution < 1.29 is 19.0 Å². The van der Waals surface area contributed by atoms with Crippen LogP contribution in [0.1, 0.15) is 16.1 Å². The van der Waals surface area contributed by atoms with E-state index < -0.39 is 5.91 Å². The van der Waals surface area contributed by atoms with E-state index in [4.69, 9.17) is 14.2 Å². The van der Waals surface area contributed by atoms with Crippen molar-refractivity contribution in [3.63, 3.8) is 0 Å². The summed E-state index contributed by atoms with van der Waals surface area (Å²) in [5, 5.41) is 21.4. The van der Waals surface area contributed by atoms with Crippen LogP contribution in [0.3, 0.4) is 0 Å². The average molecular weight is 513 g/mol. The number of ether oxygens (including phenoxy) is 3. The van der Waals surface area contributed by atoms with Crippen LogP contribution < -0.4 is 19.5 Å². The molecule has 1 aromatic heterocycles. The summed E-state index contributed by atoms with van der Waals surface area (Å²) in [7, 11) is 1.59. The standard InChI is InChI=1S/C28H24N4O4S/c1-34-24-9-5-6-10-25(24)36-16-15-35-23-13-11-21(12-14-23)17-22(19-29)27(33)30-28-32-31-26(37-28)18-20-7-3-2-4-8-20/h2-14,17H,15-16,18H2,1H3,(H,30,32,33). The molecule has 0 spiro atoms. The van der Waals surface area contributed by atoms with Crippen molar-refractivity contribution >= 4 is 28.5 Å². The molecule has 0 bridgehead atoms. The highest BCUT2D eigenvalue weighted by Crippen LogP contribution is 2.25. The molecule has 0 aliphatic carbocycles. The number of carbonyl (C=O) groups is 1. The number of hydrogen-bond donors (Lipinski definition) is 1. The second-order valence-corrected chi connectivity index (χ2v) is 8.77. The first-order chi connectivity index (χ1) is 18.1. The Morgan fingerprint density at radius 2 is 1.65 bits per heavy atom. The van der Waals surface area contributed by atoms with Gasteiger partial charge in [0.2, 0.25) is 5.13 Å². The van der Waals surface area contributed by atoms with Crippen LogP contribution in [0.15, 0.2) is 84.4 Å². The largest absolute Gasteiger partial charge is 0.493 e. The van der Waals surface area contributed by atoms with Gasteiger partial charge in [-0.15, -0.1) is 10.2 Å². The van der Waals surface area contributed by atoms with E-state index in [1.54, 1.807) is 31.4 Å². The minimum absolute atomic E-state index is 0.0429. The zero-order valence-corrected chi connectivity index (χ0v) is 20.9. The van der Waals surface area contributed by atoms with Gasteiger partial charge in [-0.05, 0) is 41.5 Å². The predicted molar refractivity (Wildman–Crippen MR) is 142 cm³/mol. The van der Waals surface area contributed by atoms with Crippen molar-refractivity contribution in [2.45, 2.75) is 6.42 Å². The lowest BCUT2D eigenvalue weighted by molar-refractivity contribution is -0.112. The fourth-order valence-corrected chi connectivity index (χ4v) is 4.10. The van der Waals surface area contributed by atoms with Crippen molar-refractivity contribution in [3.8, 4) is 23.3 Å². The van der Waals surface area contributed by atoms with Gasteiger partial charge in [-0.1, -0.05) is 65.9 Å². The third-order valence-electron chi connectivity index (χ3n) is 5.12. The van der Waals surface area contributed by atoms with Gasteiger partial charge in [0.1, 0.15) is 35.6 Å². The van der Waals surface area contributed by atoms with Crippen LogP contribution in [-0.2, 0) is 11.2 Å². The summed E-state index contributed by atoms with van der Waals surface area (Å²) in [5.41, 5.74) is 1.75. The Bertz CT molecular complexity index is 1400. The molecule has 3 aromatic carbocycles. The molecule has 0 unspecified atom stereocenters. The fourth-order valence-electron chi connectivity index (χ4n) is 3.34. The Labute approximate surface area is 218 Å². The maximum absolute atomic E-state index is 12.6. The SMILES string of the molecule is COc1ccccc1OCCOc1ccc(C=C(C#N)C(=O)Nc2nnc(Cc3ccccc3)s2)cc1. The first-order valence-electron chi connectivity index (χ1n) is 11.4. The smallest absolute Gasteiger partial charge is 0.268 e. The quantitative estimate of drug-likeness (QED) is 0.168. The number of nitriles is 1. The van der Waals surface area contributed by atoms with Gasteiger partial charge >= 0.3 is 0 Å². The maximum atomic E-state index is 12.6. The summed E-state index contributed by atoms with van der Waals surface area (Å²) in [4.78, 5) is 12.6. The van der Waals surface area contributed by atoms with Gasteiger partial charge < -0.3 is 14.2 Å². The summed E-state index contributed by atoms with van der Waals surface area (Å²) in [6, 6.07) is 26.3. The molecule has 9 heteroatoms. The summed E-state index contributed by atoms with van der Waals surface area (Å²) >= 11 is 1.28. The molecule has 1 heterocycles. The zero-order chi connectivity index (χ0) is 25.9.